The van der Waals surface area contributed by atoms with Crippen molar-refractivity contribution < 1.29 is 4.79 Å². The SMILES string of the molecule is O=C(CSc1ccc(Cl)c(Cl)c1)c1cc(Cl)sc1Cl. The van der Waals surface area contributed by atoms with Gasteiger partial charge in [0.1, 0.15) is 4.34 Å². The first kappa shape index (κ1) is 15.5. The van der Waals surface area contributed by atoms with Gasteiger partial charge in [-0.25, -0.2) is 0 Å². The Morgan fingerprint density at radius 2 is 1.84 bits per heavy atom. The number of thioether (sulfide) groups is 1. The molecule has 0 aliphatic carbocycles. The summed E-state index contributed by atoms with van der Waals surface area (Å²) < 4.78 is 0.928. The quantitative estimate of drug-likeness (QED) is 0.460. The van der Waals surface area contributed by atoms with E-state index in [9.17, 15) is 4.79 Å². The third-order valence-electron chi connectivity index (χ3n) is 2.22. The standard InChI is InChI=1S/C12H6Cl4OS2/c13-8-2-1-6(3-9(8)14)18-5-10(17)7-4-11(15)19-12(7)16/h1-4H,5H2. The van der Waals surface area contributed by atoms with Crippen LogP contribution in [0, 0.1) is 0 Å². The summed E-state index contributed by atoms with van der Waals surface area (Å²) in [5, 5.41) is 0.959. The molecule has 0 atom stereocenters. The highest BCUT2D eigenvalue weighted by Crippen LogP contribution is 2.33. The second-order valence-electron chi connectivity index (χ2n) is 3.53. The van der Waals surface area contributed by atoms with E-state index in [2.05, 4.69) is 0 Å². The molecular weight excluding hydrogens is 366 g/mol. The third-order valence-corrected chi connectivity index (χ3v) is 5.44. The third kappa shape index (κ3) is 4.03. The molecule has 2 aromatic rings. The summed E-state index contributed by atoms with van der Waals surface area (Å²) in [7, 11) is 0. The molecule has 1 aromatic carbocycles. The van der Waals surface area contributed by atoms with Crippen molar-refractivity contribution >= 4 is 75.3 Å². The summed E-state index contributed by atoms with van der Waals surface area (Å²) in [5.41, 5.74) is 0.462. The first-order valence-electron chi connectivity index (χ1n) is 5.03. The van der Waals surface area contributed by atoms with Crippen LogP contribution in [0.3, 0.4) is 0 Å². The van der Waals surface area contributed by atoms with Crippen LogP contribution in [0.1, 0.15) is 10.4 Å². The van der Waals surface area contributed by atoms with Crippen LogP contribution in [0.4, 0.5) is 0 Å². The maximum Gasteiger partial charge on any atom is 0.175 e. The van der Waals surface area contributed by atoms with Crippen LogP contribution in [0.25, 0.3) is 0 Å². The Morgan fingerprint density at radius 1 is 1.11 bits per heavy atom. The molecule has 7 heteroatoms. The number of ketones is 1. The van der Waals surface area contributed by atoms with E-state index in [1.807, 2.05) is 6.07 Å². The van der Waals surface area contributed by atoms with Gasteiger partial charge in [0.2, 0.25) is 0 Å². The Bertz CT molecular complexity index is 624. The van der Waals surface area contributed by atoms with Crippen molar-refractivity contribution in [3.05, 3.63) is 48.5 Å². The van der Waals surface area contributed by atoms with E-state index in [1.54, 1.807) is 18.2 Å². The van der Waals surface area contributed by atoms with Gasteiger partial charge >= 0.3 is 0 Å². The van der Waals surface area contributed by atoms with E-state index in [0.29, 0.717) is 24.3 Å². The predicted molar refractivity (Wildman–Crippen MR) is 85.9 cm³/mol. The maximum absolute atomic E-state index is 12.0. The lowest BCUT2D eigenvalue weighted by molar-refractivity contribution is 0.102. The zero-order chi connectivity index (χ0) is 14.0. The van der Waals surface area contributed by atoms with Crippen molar-refractivity contribution in [1.82, 2.24) is 0 Å². The molecule has 0 amide bonds. The molecule has 0 saturated carbocycles. The lowest BCUT2D eigenvalue weighted by Crippen LogP contribution is -2.01. The first-order chi connectivity index (χ1) is 8.97. The summed E-state index contributed by atoms with van der Waals surface area (Å²) in [6.45, 7) is 0. The minimum Gasteiger partial charge on any atom is -0.293 e. The van der Waals surface area contributed by atoms with Crippen molar-refractivity contribution in [3.8, 4) is 0 Å². The van der Waals surface area contributed by atoms with E-state index in [1.165, 1.54) is 23.1 Å². The Kier molecular flexibility index (Phi) is 5.46. The molecule has 0 fully saturated rings. The van der Waals surface area contributed by atoms with Crippen LogP contribution >= 0.6 is 69.5 Å². The second-order valence-corrected chi connectivity index (χ2v) is 7.67. The number of benzene rings is 1. The monoisotopic (exact) mass is 370 g/mol. The molecule has 0 aliphatic heterocycles. The summed E-state index contributed by atoms with van der Waals surface area (Å²) in [5.74, 6) is 0.203. The van der Waals surface area contributed by atoms with Crippen LogP contribution < -0.4 is 0 Å². The molecule has 1 nitrogen and oxygen atoms in total. The fourth-order valence-electron chi connectivity index (χ4n) is 1.32. The molecule has 0 bridgehead atoms. The zero-order valence-corrected chi connectivity index (χ0v) is 13.9. The molecule has 2 rings (SSSR count). The van der Waals surface area contributed by atoms with Gasteiger partial charge in [0.15, 0.2) is 5.78 Å². The second kappa shape index (κ2) is 6.70. The average Bonchev–Trinajstić information content (AvgIpc) is 2.70. The number of rotatable bonds is 4. The van der Waals surface area contributed by atoms with E-state index in [0.717, 1.165) is 4.90 Å². The minimum absolute atomic E-state index is 0.0655. The van der Waals surface area contributed by atoms with Gasteiger partial charge in [0.05, 0.1) is 20.1 Å². The van der Waals surface area contributed by atoms with E-state index >= 15 is 0 Å². The maximum atomic E-state index is 12.0. The predicted octanol–water partition coefficient (Wildman–Crippen LogP) is 6.34. The topological polar surface area (TPSA) is 17.1 Å². The fourth-order valence-corrected chi connectivity index (χ4v) is 4.00. The summed E-state index contributed by atoms with van der Waals surface area (Å²) in [4.78, 5) is 12.9. The summed E-state index contributed by atoms with van der Waals surface area (Å²) >= 11 is 26.0. The van der Waals surface area contributed by atoms with Crippen LogP contribution in [0.2, 0.25) is 18.7 Å². The highest BCUT2D eigenvalue weighted by Gasteiger charge is 2.14. The van der Waals surface area contributed by atoms with Crippen LogP contribution in [0.15, 0.2) is 29.2 Å². The van der Waals surface area contributed by atoms with Gasteiger partial charge in [-0.3, -0.25) is 4.79 Å². The molecule has 19 heavy (non-hydrogen) atoms. The summed E-state index contributed by atoms with van der Waals surface area (Å²) in [6, 6.07) is 6.83. The number of carbonyl (C=O) groups excluding carboxylic acids is 1. The molecular formula is C12H6Cl4OS2. The van der Waals surface area contributed by atoms with Gasteiger partial charge in [-0.2, -0.15) is 0 Å². The molecule has 1 heterocycles. The number of hydrogen-bond acceptors (Lipinski definition) is 3. The number of halogens is 4. The lowest BCUT2D eigenvalue weighted by Gasteiger charge is -2.02. The number of carbonyl (C=O) groups is 1. The molecule has 0 saturated heterocycles. The van der Waals surface area contributed by atoms with Gasteiger partial charge < -0.3 is 0 Å². The molecule has 100 valence electrons. The van der Waals surface area contributed by atoms with Crippen LogP contribution in [0.5, 0.6) is 0 Å². The van der Waals surface area contributed by atoms with Gasteiger partial charge in [-0.15, -0.1) is 23.1 Å². The molecule has 0 spiro atoms. The zero-order valence-electron chi connectivity index (χ0n) is 9.25. The molecule has 0 aliphatic rings. The van der Waals surface area contributed by atoms with Gasteiger partial charge in [-0.1, -0.05) is 46.4 Å². The fraction of sp³-hybridized carbons (Fsp3) is 0.0833. The number of hydrogen-bond donors (Lipinski definition) is 0. The van der Waals surface area contributed by atoms with Gasteiger partial charge in [0, 0.05) is 10.5 Å². The Morgan fingerprint density at radius 3 is 2.42 bits per heavy atom. The Hall–Kier alpha value is 0.1000. The highest BCUT2D eigenvalue weighted by atomic mass is 35.5. The van der Waals surface area contributed by atoms with Crippen molar-refractivity contribution in [2.24, 2.45) is 0 Å². The van der Waals surface area contributed by atoms with Crippen molar-refractivity contribution in [3.63, 3.8) is 0 Å². The van der Waals surface area contributed by atoms with Gasteiger partial charge in [-0.05, 0) is 24.3 Å². The first-order valence-corrected chi connectivity index (χ1v) is 8.34. The lowest BCUT2D eigenvalue weighted by atomic mass is 10.2. The minimum atomic E-state index is -0.0655. The number of Topliss-reactive ketones (excluding diaryl/α,β-unsaturated/α-hetero) is 1. The normalized spacial score (nSPS) is 10.7. The number of thiophene rings is 1. The molecule has 0 radical (unpaired) electrons. The van der Waals surface area contributed by atoms with E-state index in [4.69, 9.17) is 46.4 Å². The van der Waals surface area contributed by atoms with Crippen molar-refractivity contribution in [1.29, 1.82) is 0 Å². The molecule has 0 unspecified atom stereocenters. The largest absolute Gasteiger partial charge is 0.293 e. The average molecular weight is 372 g/mol. The summed E-state index contributed by atoms with van der Waals surface area (Å²) in [6.07, 6.45) is 0. The molecule has 1 aromatic heterocycles. The van der Waals surface area contributed by atoms with Crippen molar-refractivity contribution in [2.75, 3.05) is 5.75 Å². The Balaban J connectivity index is 2.04. The van der Waals surface area contributed by atoms with Crippen molar-refractivity contribution in [2.45, 2.75) is 4.90 Å². The van der Waals surface area contributed by atoms with Gasteiger partial charge in [0.25, 0.3) is 0 Å². The van der Waals surface area contributed by atoms with E-state index in [-0.39, 0.29) is 11.5 Å². The smallest absolute Gasteiger partial charge is 0.175 e. The van der Waals surface area contributed by atoms with E-state index < -0.39 is 0 Å². The Labute approximate surface area is 138 Å². The molecule has 0 N–H and O–H groups in total. The highest BCUT2D eigenvalue weighted by molar-refractivity contribution is 8.00. The van der Waals surface area contributed by atoms with Crippen LogP contribution in [-0.4, -0.2) is 11.5 Å². The van der Waals surface area contributed by atoms with Crippen LogP contribution in [-0.2, 0) is 0 Å².